The van der Waals surface area contributed by atoms with E-state index in [-0.39, 0.29) is 18.3 Å². The van der Waals surface area contributed by atoms with Crippen LogP contribution in [0.2, 0.25) is 5.02 Å². The molecule has 0 fully saturated rings. The molecule has 2 aliphatic heterocycles. The number of nitrogens with zero attached hydrogens (tertiary/aromatic N) is 2. The van der Waals surface area contributed by atoms with Crippen molar-refractivity contribution in [2.24, 2.45) is 5.10 Å². The van der Waals surface area contributed by atoms with E-state index in [0.717, 1.165) is 0 Å². The number of carboxylic acid groups (broad SMARTS) is 1. The van der Waals surface area contributed by atoms with Crippen molar-refractivity contribution in [3.63, 3.8) is 0 Å². The van der Waals surface area contributed by atoms with Crippen LogP contribution in [-0.2, 0) is 4.79 Å². The molecule has 0 bridgehead atoms. The summed E-state index contributed by atoms with van der Waals surface area (Å²) in [5.74, 6) is -0.342. The molecule has 2 aromatic carbocycles. The molecule has 0 atom stereocenters. The van der Waals surface area contributed by atoms with E-state index in [1.54, 1.807) is 37.3 Å². The molecule has 0 spiro atoms. The highest BCUT2D eigenvalue weighted by atomic mass is 35.5. The number of benzene rings is 2. The summed E-state index contributed by atoms with van der Waals surface area (Å²) in [7, 11) is 0. The van der Waals surface area contributed by atoms with E-state index >= 15 is 0 Å². The molecule has 0 aromatic heterocycles. The number of hydrogen-bond acceptors (Lipinski definition) is 5. The van der Waals surface area contributed by atoms with Crippen LogP contribution in [0.25, 0.3) is 6.08 Å². The van der Waals surface area contributed by atoms with Gasteiger partial charge in [-0.15, -0.1) is 0 Å². The molecule has 0 radical (unpaired) electrons. The van der Waals surface area contributed by atoms with Gasteiger partial charge in [0.15, 0.2) is 11.5 Å². The number of hydrazone groups is 1. The molecule has 2 heterocycles. The summed E-state index contributed by atoms with van der Waals surface area (Å²) in [6.45, 7) is 1.82. The van der Waals surface area contributed by atoms with Crippen LogP contribution in [0.4, 0.5) is 5.69 Å². The van der Waals surface area contributed by atoms with Gasteiger partial charge in [-0.2, -0.15) is 10.1 Å². The Balaban J connectivity index is 1.70. The molecule has 8 heteroatoms. The van der Waals surface area contributed by atoms with E-state index in [9.17, 15) is 9.59 Å². The molecule has 1 amide bonds. The standard InChI is InChI=1S/C19H13ClN2O5/c1-10-14(6-12-7-16-17(8-15(12)20)27-9-26-16)18(23)22(21-10)13-4-2-3-11(5-13)19(24)25/h2-8H,9H2,1H3,(H,24,25). The minimum atomic E-state index is -1.08. The molecule has 1 N–H and O–H groups in total. The Labute approximate surface area is 159 Å². The van der Waals surface area contributed by atoms with Gasteiger partial charge < -0.3 is 14.6 Å². The number of amides is 1. The fourth-order valence-electron chi connectivity index (χ4n) is 2.83. The van der Waals surface area contributed by atoms with Crippen LogP contribution < -0.4 is 14.5 Å². The topological polar surface area (TPSA) is 88.4 Å². The molecule has 0 unspecified atom stereocenters. The van der Waals surface area contributed by atoms with Gasteiger partial charge in [0.1, 0.15) is 0 Å². The fourth-order valence-corrected chi connectivity index (χ4v) is 3.04. The van der Waals surface area contributed by atoms with Crippen molar-refractivity contribution in [2.45, 2.75) is 6.92 Å². The van der Waals surface area contributed by atoms with Crippen LogP contribution in [0.15, 0.2) is 47.1 Å². The normalized spacial score (nSPS) is 16.8. The average molecular weight is 385 g/mol. The first-order valence-corrected chi connectivity index (χ1v) is 8.36. The third-order valence-corrected chi connectivity index (χ3v) is 4.52. The van der Waals surface area contributed by atoms with Gasteiger partial charge in [-0.1, -0.05) is 17.7 Å². The number of carbonyl (C=O) groups is 2. The van der Waals surface area contributed by atoms with Crippen molar-refractivity contribution in [3.8, 4) is 11.5 Å². The number of carboxylic acids is 1. The SMILES string of the molecule is CC1=NN(c2cccc(C(=O)O)c2)C(=O)C1=Cc1cc2c(cc1Cl)OCO2. The van der Waals surface area contributed by atoms with E-state index < -0.39 is 5.97 Å². The Morgan fingerprint density at radius 2 is 2.00 bits per heavy atom. The summed E-state index contributed by atoms with van der Waals surface area (Å²) < 4.78 is 10.6. The molecule has 0 aliphatic carbocycles. The molecule has 2 aromatic rings. The van der Waals surface area contributed by atoms with Crippen molar-refractivity contribution >= 4 is 41.0 Å². The molecular weight excluding hydrogens is 372 g/mol. The minimum absolute atomic E-state index is 0.0735. The van der Waals surface area contributed by atoms with Crippen LogP contribution in [0, 0.1) is 0 Å². The van der Waals surface area contributed by atoms with Crippen LogP contribution in [0.5, 0.6) is 11.5 Å². The summed E-state index contributed by atoms with van der Waals surface area (Å²) in [5.41, 5.74) is 1.90. The Kier molecular flexibility index (Phi) is 4.08. The number of halogens is 1. The van der Waals surface area contributed by atoms with Gasteiger partial charge in [-0.3, -0.25) is 4.79 Å². The first-order valence-electron chi connectivity index (χ1n) is 7.98. The summed E-state index contributed by atoms with van der Waals surface area (Å²) in [6, 6.07) is 9.37. The molecular formula is C19H13ClN2O5. The molecule has 27 heavy (non-hydrogen) atoms. The van der Waals surface area contributed by atoms with Gasteiger partial charge in [-0.25, -0.2) is 4.79 Å². The average Bonchev–Trinajstić information content (AvgIpc) is 3.20. The maximum absolute atomic E-state index is 12.8. The minimum Gasteiger partial charge on any atom is -0.478 e. The van der Waals surface area contributed by atoms with E-state index in [1.807, 2.05) is 0 Å². The first-order chi connectivity index (χ1) is 12.9. The predicted octanol–water partition coefficient (Wildman–Crippen LogP) is 3.57. The summed E-state index contributed by atoms with van der Waals surface area (Å²) in [5, 5.41) is 15.0. The van der Waals surface area contributed by atoms with Crippen molar-refractivity contribution < 1.29 is 24.2 Å². The molecule has 0 saturated heterocycles. The van der Waals surface area contributed by atoms with Crippen LogP contribution in [0.3, 0.4) is 0 Å². The van der Waals surface area contributed by atoms with Gasteiger partial charge in [-0.05, 0) is 42.8 Å². The molecule has 7 nitrogen and oxygen atoms in total. The Morgan fingerprint density at radius 1 is 1.26 bits per heavy atom. The number of fused-ring (bicyclic) bond motifs is 1. The van der Waals surface area contributed by atoms with Gasteiger partial charge in [0, 0.05) is 6.07 Å². The lowest BCUT2D eigenvalue weighted by Gasteiger charge is -2.12. The lowest BCUT2D eigenvalue weighted by molar-refractivity contribution is -0.114. The van der Waals surface area contributed by atoms with Crippen LogP contribution in [-0.4, -0.2) is 29.5 Å². The van der Waals surface area contributed by atoms with Crippen LogP contribution >= 0.6 is 11.6 Å². The van der Waals surface area contributed by atoms with Crippen molar-refractivity contribution in [1.82, 2.24) is 0 Å². The van der Waals surface area contributed by atoms with Gasteiger partial charge in [0.25, 0.3) is 5.91 Å². The van der Waals surface area contributed by atoms with Gasteiger partial charge >= 0.3 is 5.97 Å². The number of hydrogen-bond donors (Lipinski definition) is 1. The lowest BCUT2D eigenvalue weighted by Crippen LogP contribution is -2.21. The van der Waals surface area contributed by atoms with E-state index in [0.29, 0.717) is 39.1 Å². The van der Waals surface area contributed by atoms with Gasteiger partial charge in [0.05, 0.1) is 27.6 Å². The third-order valence-electron chi connectivity index (χ3n) is 4.19. The van der Waals surface area contributed by atoms with Crippen molar-refractivity contribution in [2.75, 3.05) is 11.8 Å². The Bertz CT molecular complexity index is 1040. The Morgan fingerprint density at radius 3 is 2.74 bits per heavy atom. The second-order valence-corrected chi connectivity index (χ2v) is 6.35. The number of ether oxygens (including phenoxy) is 2. The summed E-state index contributed by atoms with van der Waals surface area (Å²) in [6.07, 6.45) is 1.63. The molecule has 2 aliphatic rings. The summed E-state index contributed by atoms with van der Waals surface area (Å²) in [4.78, 5) is 24.0. The smallest absolute Gasteiger partial charge is 0.335 e. The highest BCUT2D eigenvalue weighted by Gasteiger charge is 2.29. The predicted molar refractivity (Wildman–Crippen MR) is 99.5 cm³/mol. The Hall–Kier alpha value is -3.32. The number of anilines is 1. The second kappa shape index (κ2) is 6.44. The largest absolute Gasteiger partial charge is 0.478 e. The molecule has 0 saturated carbocycles. The maximum atomic E-state index is 12.8. The zero-order valence-corrected chi connectivity index (χ0v) is 14.9. The number of rotatable bonds is 3. The molecule has 4 rings (SSSR count). The summed E-state index contributed by atoms with van der Waals surface area (Å²) >= 11 is 6.28. The van der Waals surface area contributed by atoms with E-state index in [1.165, 1.54) is 17.1 Å². The van der Waals surface area contributed by atoms with E-state index in [2.05, 4.69) is 5.10 Å². The molecule has 136 valence electrons. The quantitative estimate of drug-likeness (QED) is 0.817. The monoisotopic (exact) mass is 384 g/mol. The van der Waals surface area contributed by atoms with Crippen molar-refractivity contribution in [3.05, 3.63) is 58.1 Å². The number of aromatic carboxylic acids is 1. The zero-order chi connectivity index (χ0) is 19.1. The van der Waals surface area contributed by atoms with Crippen molar-refractivity contribution in [1.29, 1.82) is 0 Å². The number of carbonyl (C=O) groups excluding carboxylic acids is 1. The first kappa shape index (κ1) is 17.1. The highest BCUT2D eigenvalue weighted by Crippen LogP contribution is 2.38. The maximum Gasteiger partial charge on any atom is 0.335 e. The zero-order valence-electron chi connectivity index (χ0n) is 14.1. The lowest BCUT2D eigenvalue weighted by atomic mass is 10.1. The van der Waals surface area contributed by atoms with Crippen LogP contribution in [0.1, 0.15) is 22.8 Å². The van der Waals surface area contributed by atoms with E-state index in [4.69, 9.17) is 26.2 Å². The fraction of sp³-hybridized carbons (Fsp3) is 0.105. The van der Waals surface area contributed by atoms with Gasteiger partial charge in [0.2, 0.25) is 6.79 Å². The third kappa shape index (κ3) is 3.02. The second-order valence-electron chi connectivity index (χ2n) is 5.94. The highest BCUT2D eigenvalue weighted by molar-refractivity contribution is 6.35.